The van der Waals surface area contributed by atoms with Crippen LogP contribution in [0.4, 0.5) is 0 Å². The van der Waals surface area contributed by atoms with Gasteiger partial charge in [0.05, 0.1) is 5.69 Å². The van der Waals surface area contributed by atoms with Gasteiger partial charge in [-0.1, -0.05) is 60.7 Å². The van der Waals surface area contributed by atoms with Crippen LogP contribution in [0.3, 0.4) is 0 Å². The molecular formula is C23H20N4O2. The number of nitrogens with zero attached hydrogens (tertiary/aromatic N) is 3. The molecule has 1 N–H and O–H groups in total. The largest absolute Gasteiger partial charge is 0.476 e. The van der Waals surface area contributed by atoms with Gasteiger partial charge in [0.15, 0.2) is 0 Å². The first-order valence-electron chi connectivity index (χ1n) is 9.28. The summed E-state index contributed by atoms with van der Waals surface area (Å²) in [5, 5.41) is 7.08. The van der Waals surface area contributed by atoms with E-state index in [1.54, 1.807) is 11.0 Å². The molecule has 144 valence electrons. The highest BCUT2D eigenvalue weighted by molar-refractivity contribution is 5.82. The quantitative estimate of drug-likeness (QED) is 0.527. The Morgan fingerprint density at radius 3 is 2.28 bits per heavy atom. The summed E-state index contributed by atoms with van der Waals surface area (Å²) in [5.74, 6) is 0.453. The lowest BCUT2D eigenvalue weighted by molar-refractivity contribution is -0.128. The van der Waals surface area contributed by atoms with E-state index in [4.69, 9.17) is 4.74 Å². The Hall–Kier alpha value is -3.93. The third kappa shape index (κ3) is 4.68. The predicted molar refractivity (Wildman–Crippen MR) is 109 cm³/mol. The summed E-state index contributed by atoms with van der Waals surface area (Å²) in [4.78, 5) is 16.9. The molecule has 0 saturated carbocycles. The molecule has 4 aromatic rings. The van der Waals surface area contributed by atoms with Gasteiger partial charge in [-0.05, 0) is 29.8 Å². The minimum absolute atomic E-state index is 0.194. The van der Waals surface area contributed by atoms with Gasteiger partial charge >= 0.3 is 0 Å². The van der Waals surface area contributed by atoms with Crippen molar-refractivity contribution in [2.45, 2.75) is 12.6 Å². The fourth-order valence-electron chi connectivity index (χ4n) is 2.93. The molecule has 29 heavy (non-hydrogen) atoms. The van der Waals surface area contributed by atoms with Crippen LogP contribution in [0.5, 0.6) is 5.75 Å². The van der Waals surface area contributed by atoms with Crippen molar-refractivity contribution in [3.05, 3.63) is 109 Å². The SMILES string of the molecule is O=C(NCc1ccc(-n2cncn2)cc1)C(Oc1ccccc1)c1ccccc1. The zero-order valence-corrected chi connectivity index (χ0v) is 15.7. The molecule has 0 aliphatic heterocycles. The van der Waals surface area contributed by atoms with Crippen molar-refractivity contribution in [2.24, 2.45) is 0 Å². The first-order chi connectivity index (χ1) is 14.3. The molecule has 1 aromatic heterocycles. The Morgan fingerprint density at radius 2 is 1.62 bits per heavy atom. The summed E-state index contributed by atoms with van der Waals surface area (Å²) < 4.78 is 7.67. The van der Waals surface area contributed by atoms with Crippen molar-refractivity contribution < 1.29 is 9.53 Å². The standard InChI is InChI=1S/C23H20N4O2/c28-23(25-15-18-11-13-20(14-12-18)27-17-24-16-26-27)22(19-7-3-1-4-8-19)29-21-9-5-2-6-10-21/h1-14,16-17,22H,15H2,(H,25,28). The number of amides is 1. The number of ether oxygens (including phenoxy) is 1. The minimum atomic E-state index is -0.729. The first-order valence-corrected chi connectivity index (χ1v) is 9.28. The van der Waals surface area contributed by atoms with E-state index in [0.29, 0.717) is 12.3 Å². The van der Waals surface area contributed by atoms with Crippen molar-refractivity contribution in [3.8, 4) is 11.4 Å². The molecule has 0 aliphatic carbocycles. The van der Waals surface area contributed by atoms with Gasteiger partial charge < -0.3 is 10.1 Å². The molecule has 6 nitrogen and oxygen atoms in total. The van der Waals surface area contributed by atoms with Gasteiger partial charge in [0.25, 0.3) is 5.91 Å². The Morgan fingerprint density at radius 1 is 0.931 bits per heavy atom. The molecule has 1 unspecified atom stereocenters. The molecule has 0 radical (unpaired) electrons. The van der Waals surface area contributed by atoms with Crippen LogP contribution in [0, 0.1) is 0 Å². The monoisotopic (exact) mass is 384 g/mol. The number of rotatable bonds is 7. The second-order valence-corrected chi connectivity index (χ2v) is 6.45. The summed E-state index contributed by atoms with van der Waals surface area (Å²) in [6, 6.07) is 26.6. The van der Waals surface area contributed by atoms with Gasteiger partial charge in [-0.15, -0.1) is 0 Å². The molecule has 0 bridgehead atoms. The lowest BCUT2D eigenvalue weighted by Crippen LogP contribution is -2.32. The third-order valence-electron chi connectivity index (χ3n) is 4.42. The number of hydrogen-bond acceptors (Lipinski definition) is 4. The average molecular weight is 384 g/mol. The highest BCUT2D eigenvalue weighted by Gasteiger charge is 2.22. The smallest absolute Gasteiger partial charge is 0.266 e. The van der Waals surface area contributed by atoms with Crippen LogP contribution in [-0.2, 0) is 11.3 Å². The van der Waals surface area contributed by atoms with Crippen LogP contribution in [0.2, 0.25) is 0 Å². The molecule has 0 aliphatic rings. The molecule has 6 heteroatoms. The zero-order chi connectivity index (χ0) is 19.9. The molecular weight excluding hydrogens is 364 g/mol. The van der Waals surface area contributed by atoms with E-state index in [1.807, 2.05) is 84.9 Å². The fourth-order valence-corrected chi connectivity index (χ4v) is 2.93. The van der Waals surface area contributed by atoms with E-state index in [9.17, 15) is 4.79 Å². The molecule has 0 fully saturated rings. The summed E-state index contributed by atoms with van der Waals surface area (Å²) in [6.45, 7) is 0.401. The van der Waals surface area contributed by atoms with Crippen LogP contribution < -0.4 is 10.1 Å². The fraction of sp³-hybridized carbons (Fsp3) is 0.0870. The van der Waals surface area contributed by atoms with E-state index >= 15 is 0 Å². The van der Waals surface area contributed by atoms with E-state index in [0.717, 1.165) is 16.8 Å². The predicted octanol–water partition coefficient (Wildman–Crippen LogP) is 3.70. The maximum atomic E-state index is 12.9. The molecule has 4 rings (SSSR count). The summed E-state index contributed by atoms with van der Waals surface area (Å²) in [6.07, 6.45) is 2.40. The van der Waals surface area contributed by atoms with Gasteiger partial charge in [-0.25, -0.2) is 9.67 Å². The highest BCUT2D eigenvalue weighted by Crippen LogP contribution is 2.22. The molecule has 1 heterocycles. The Labute approximate surface area is 168 Å². The molecule has 0 spiro atoms. The Balaban J connectivity index is 1.45. The molecule has 1 amide bonds. The van der Waals surface area contributed by atoms with Crippen molar-refractivity contribution >= 4 is 5.91 Å². The molecule has 3 aromatic carbocycles. The van der Waals surface area contributed by atoms with Crippen molar-refractivity contribution in [2.75, 3.05) is 0 Å². The van der Waals surface area contributed by atoms with Crippen molar-refractivity contribution in [1.29, 1.82) is 0 Å². The number of hydrogen-bond donors (Lipinski definition) is 1. The number of carbonyl (C=O) groups is 1. The normalized spacial score (nSPS) is 11.6. The number of aromatic nitrogens is 3. The summed E-state index contributed by atoms with van der Waals surface area (Å²) >= 11 is 0. The minimum Gasteiger partial charge on any atom is -0.476 e. The number of benzene rings is 3. The number of nitrogens with one attached hydrogen (secondary N) is 1. The van der Waals surface area contributed by atoms with Gasteiger partial charge in [-0.2, -0.15) is 5.10 Å². The van der Waals surface area contributed by atoms with E-state index < -0.39 is 6.10 Å². The van der Waals surface area contributed by atoms with E-state index in [1.165, 1.54) is 6.33 Å². The van der Waals surface area contributed by atoms with Gasteiger partial charge in [0.1, 0.15) is 18.4 Å². The second-order valence-electron chi connectivity index (χ2n) is 6.45. The van der Waals surface area contributed by atoms with Crippen LogP contribution in [-0.4, -0.2) is 20.7 Å². The summed E-state index contributed by atoms with van der Waals surface area (Å²) in [7, 11) is 0. The lowest BCUT2D eigenvalue weighted by atomic mass is 10.1. The topological polar surface area (TPSA) is 69.0 Å². The second kappa shape index (κ2) is 8.84. The number of para-hydroxylation sites is 1. The van der Waals surface area contributed by atoms with E-state index in [-0.39, 0.29) is 5.91 Å². The Kier molecular flexibility index (Phi) is 5.62. The van der Waals surface area contributed by atoms with Crippen LogP contribution in [0.25, 0.3) is 5.69 Å². The van der Waals surface area contributed by atoms with Crippen LogP contribution in [0.15, 0.2) is 97.6 Å². The lowest BCUT2D eigenvalue weighted by Gasteiger charge is -2.19. The van der Waals surface area contributed by atoms with Crippen LogP contribution >= 0.6 is 0 Å². The van der Waals surface area contributed by atoms with Gasteiger partial charge in [0, 0.05) is 12.1 Å². The maximum absolute atomic E-state index is 12.9. The van der Waals surface area contributed by atoms with Gasteiger partial charge in [-0.3, -0.25) is 4.79 Å². The van der Waals surface area contributed by atoms with E-state index in [2.05, 4.69) is 15.4 Å². The van der Waals surface area contributed by atoms with Crippen LogP contribution in [0.1, 0.15) is 17.2 Å². The molecule has 1 atom stereocenters. The van der Waals surface area contributed by atoms with Crippen molar-refractivity contribution in [3.63, 3.8) is 0 Å². The maximum Gasteiger partial charge on any atom is 0.266 e. The molecule has 0 saturated heterocycles. The highest BCUT2D eigenvalue weighted by atomic mass is 16.5. The summed E-state index contributed by atoms with van der Waals surface area (Å²) in [5.41, 5.74) is 2.69. The first kappa shape index (κ1) is 18.4. The average Bonchev–Trinajstić information content (AvgIpc) is 3.32. The van der Waals surface area contributed by atoms with Crippen molar-refractivity contribution in [1.82, 2.24) is 20.1 Å². The third-order valence-corrected chi connectivity index (χ3v) is 4.42. The van der Waals surface area contributed by atoms with Gasteiger partial charge in [0.2, 0.25) is 6.10 Å². The number of carbonyl (C=O) groups excluding carboxylic acids is 1. The Bertz CT molecular complexity index is 1030. The zero-order valence-electron chi connectivity index (χ0n) is 15.7.